The van der Waals surface area contributed by atoms with Crippen LogP contribution in [0.5, 0.6) is 0 Å². The van der Waals surface area contributed by atoms with Gasteiger partial charge in [0.05, 0.1) is 11.8 Å². The highest BCUT2D eigenvalue weighted by atomic mass is 16.3. The van der Waals surface area contributed by atoms with Gasteiger partial charge in [0.1, 0.15) is 5.82 Å². The van der Waals surface area contributed by atoms with Crippen molar-refractivity contribution in [3.05, 3.63) is 47.4 Å². The number of benzene rings is 1. The van der Waals surface area contributed by atoms with Gasteiger partial charge in [0.15, 0.2) is 0 Å². The first-order valence-corrected chi connectivity index (χ1v) is 7.90. The molecule has 1 atom stereocenters. The molecule has 1 aromatic heterocycles. The summed E-state index contributed by atoms with van der Waals surface area (Å²) >= 11 is 0. The van der Waals surface area contributed by atoms with Crippen LogP contribution in [0.1, 0.15) is 42.0 Å². The first-order chi connectivity index (χ1) is 11.0. The summed E-state index contributed by atoms with van der Waals surface area (Å²) in [7, 11) is 0. The Morgan fingerprint density at radius 1 is 1.39 bits per heavy atom. The normalized spacial score (nSPS) is 12.0. The van der Waals surface area contributed by atoms with E-state index in [1.807, 2.05) is 31.3 Å². The Bertz CT molecular complexity index is 684. The van der Waals surface area contributed by atoms with Crippen molar-refractivity contribution in [3.63, 3.8) is 0 Å². The van der Waals surface area contributed by atoms with E-state index in [1.54, 1.807) is 13.0 Å². The minimum absolute atomic E-state index is 0.199. The Morgan fingerprint density at radius 3 is 2.87 bits per heavy atom. The number of carbonyl (C=O) groups excluding carboxylic acids is 1. The van der Waals surface area contributed by atoms with Crippen molar-refractivity contribution in [3.8, 4) is 11.3 Å². The maximum atomic E-state index is 12.2. The van der Waals surface area contributed by atoms with Gasteiger partial charge in [-0.1, -0.05) is 25.5 Å². The SMILES string of the molecule is CCCc1cnc(C)nc1-c1cccc(C(=O)NCC(C)O)c1. The van der Waals surface area contributed by atoms with Gasteiger partial charge >= 0.3 is 0 Å². The van der Waals surface area contributed by atoms with Gasteiger partial charge in [0.2, 0.25) is 0 Å². The molecule has 0 bridgehead atoms. The highest BCUT2D eigenvalue weighted by Crippen LogP contribution is 2.23. The topological polar surface area (TPSA) is 75.1 Å². The lowest BCUT2D eigenvalue weighted by Crippen LogP contribution is -2.30. The number of carbonyl (C=O) groups is 1. The molecule has 5 nitrogen and oxygen atoms in total. The second-order valence-corrected chi connectivity index (χ2v) is 5.68. The largest absolute Gasteiger partial charge is 0.392 e. The molecule has 23 heavy (non-hydrogen) atoms. The van der Waals surface area contributed by atoms with Gasteiger partial charge in [0, 0.05) is 23.9 Å². The summed E-state index contributed by atoms with van der Waals surface area (Å²) in [6.45, 7) is 5.84. The molecule has 5 heteroatoms. The van der Waals surface area contributed by atoms with Gasteiger partial charge in [-0.3, -0.25) is 4.79 Å². The number of rotatable bonds is 6. The zero-order valence-electron chi connectivity index (χ0n) is 13.8. The standard InChI is InChI=1S/C18H23N3O2/c1-4-6-16-11-19-13(3)21-17(16)14-7-5-8-15(9-14)18(23)20-10-12(2)22/h5,7-9,11-12,22H,4,6,10H2,1-3H3,(H,20,23). The van der Waals surface area contributed by atoms with E-state index in [0.717, 1.165) is 29.7 Å². The first-order valence-electron chi connectivity index (χ1n) is 7.90. The predicted octanol–water partition coefficient (Wildman–Crippen LogP) is 2.52. The van der Waals surface area contributed by atoms with Crippen molar-refractivity contribution in [1.82, 2.24) is 15.3 Å². The van der Waals surface area contributed by atoms with E-state index in [4.69, 9.17) is 0 Å². The zero-order chi connectivity index (χ0) is 16.8. The van der Waals surface area contributed by atoms with Crippen LogP contribution in [0.25, 0.3) is 11.3 Å². The fraction of sp³-hybridized carbons (Fsp3) is 0.389. The second kappa shape index (κ2) is 7.83. The number of nitrogens with one attached hydrogen (secondary N) is 1. The van der Waals surface area contributed by atoms with Crippen LogP contribution in [0.2, 0.25) is 0 Å². The molecule has 0 saturated heterocycles. The first kappa shape index (κ1) is 17.1. The minimum Gasteiger partial charge on any atom is -0.392 e. The van der Waals surface area contributed by atoms with Crippen LogP contribution >= 0.6 is 0 Å². The van der Waals surface area contributed by atoms with Crippen molar-refractivity contribution in [1.29, 1.82) is 0 Å². The van der Waals surface area contributed by atoms with Gasteiger partial charge in [0.25, 0.3) is 5.91 Å². The average Bonchev–Trinajstić information content (AvgIpc) is 2.54. The zero-order valence-corrected chi connectivity index (χ0v) is 13.8. The molecule has 0 saturated carbocycles. The fourth-order valence-corrected chi connectivity index (χ4v) is 2.35. The van der Waals surface area contributed by atoms with E-state index in [0.29, 0.717) is 11.4 Å². The van der Waals surface area contributed by atoms with Crippen molar-refractivity contribution < 1.29 is 9.90 Å². The highest BCUT2D eigenvalue weighted by Gasteiger charge is 2.11. The second-order valence-electron chi connectivity index (χ2n) is 5.68. The molecule has 0 aliphatic heterocycles. The summed E-state index contributed by atoms with van der Waals surface area (Å²) in [6.07, 6.45) is 3.20. The van der Waals surface area contributed by atoms with Crippen LogP contribution in [-0.2, 0) is 6.42 Å². The minimum atomic E-state index is -0.567. The summed E-state index contributed by atoms with van der Waals surface area (Å²) < 4.78 is 0. The molecule has 122 valence electrons. The lowest BCUT2D eigenvalue weighted by Gasteiger charge is -2.11. The maximum Gasteiger partial charge on any atom is 0.251 e. The molecule has 1 heterocycles. The Morgan fingerprint density at radius 2 is 2.17 bits per heavy atom. The summed E-state index contributed by atoms with van der Waals surface area (Å²) in [6, 6.07) is 7.39. The van der Waals surface area contributed by atoms with Crippen LogP contribution in [0.4, 0.5) is 0 Å². The number of aliphatic hydroxyl groups excluding tert-OH is 1. The number of aryl methyl sites for hydroxylation is 2. The monoisotopic (exact) mass is 313 g/mol. The lowest BCUT2D eigenvalue weighted by atomic mass is 10.0. The maximum absolute atomic E-state index is 12.2. The third-order valence-electron chi connectivity index (χ3n) is 3.46. The number of hydrogen-bond acceptors (Lipinski definition) is 4. The smallest absolute Gasteiger partial charge is 0.251 e. The van der Waals surface area contributed by atoms with E-state index in [9.17, 15) is 9.90 Å². The van der Waals surface area contributed by atoms with Crippen LogP contribution in [0.3, 0.4) is 0 Å². The molecule has 1 unspecified atom stereocenters. The van der Waals surface area contributed by atoms with E-state index in [1.165, 1.54) is 0 Å². The van der Waals surface area contributed by atoms with Gasteiger partial charge in [-0.05, 0) is 38.0 Å². The van der Waals surface area contributed by atoms with E-state index in [2.05, 4.69) is 22.2 Å². The van der Waals surface area contributed by atoms with Crippen molar-refractivity contribution >= 4 is 5.91 Å². The van der Waals surface area contributed by atoms with Gasteiger partial charge in [-0.15, -0.1) is 0 Å². The summed E-state index contributed by atoms with van der Waals surface area (Å²) in [5, 5.41) is 12.0. The van der Waals surface area contributed by atoms with Gasteiger partial charge < -0.3 is 10.4 Å². The number of aromatic nitrogens is 2. The Labute approximate surface area is 136 Å². The highest BCUT2D eigenvalue weighted by molar-refractivity contribution is 5.95. The molecule has 0 fully saturated rings. The van der Waals surface area contributed by atoms with E-state index in [-0.39, 0.29) is 12.5 Å². The summed E-state index contributed by atoms with van der Waals surface area (Å²) in [5.74, 6) is 0.513. The summed E-state index contributed by atoms with van der Waals surface area (Å²) in [5.41, 5.74) is 3.43. The van der Waals surface area contributed by atoms with Crippen LogP contribution in [0, 0.1) is 6.92 Å². The number of nitrogens with zero attached hydrogens (tertiary/aromatic N) is 2. The van der Waals surface area contributed by atoms with Gasteiger partial charge in [-0.2, -0.15) is 0 Å². The Balaban J connectivity index is 2.33. The Hall–Kier alpha value is -2.27. The van der Waals surface area contributed by atoms with E-state index >= 15 is 0 Å². The third-order valence-corrected chi connectivity index (χ3v) is 3.46. The molecule has 0 radical (unpaired) electrons. The molecule has 2 rings (SSSR count). The average molecular weight is 313 g/mol. The van der Waals surface area contributed by atoms with Gasteiger partial charge in [-0.25, -0.2) is 9.97 Å². The van der Waals surface area contributed by atoms with Crippen LogP contribution in [-0.4, -0.2) is 33.6 Å². The molecule has 2 N–H and O–H groups in total. The molecular weight excluding hydrogens is 290 g/mol. The van der Waals surface area contributed by atoms with E-state index < -0.39 is 6.10 Å². The summed E-state index contributed by atoms with van der Waals surface area (Å²) in [4.78, 5) is 21.0. The lowest BCUT2D eigenvalue weighted by molar-refractivity contribution is 0.0924. The molecule has 0 aliphatic carbocycles. The quantitative estimate of drug-likeness (QED) is 0.859. The molecule has 1 aromatic carbocycles. The molecular formula is C18H23N3O2. The number of amides is 1. The molecule has 2 aromatic rings. The van der Waals surface area contributed by atoms with Crippen LogP contribution < -0.4 is 5.32 Å². The van der Waals surface area contributed by atoms with Crippen LogP contribution in [0.15, 0.2) is 30.5 Å². The molecule has 0 aliphatic rings. The Kier molecular flexibility index (Phi) is 5.82. The van der Waals surface area contributed by atoms with Crippen molar-refractivity contribution in [2.45, 2.75) is 39.7 Å². The fourth-order valence-electron chi connectivity index (χ4n) is 2.35. The van der Waals surface area contributed by atoms with Crippen molar-refractivity contribution in [2.75, 3.05) is 6.54 Å². The third kappa shape index (κ3) is 4.60. The predicted molar refractivity (Wildman–Crippen MR) is 90.2 cm³/mol. The van der Waals surface area contributed by atoms with Crippen molar-refractivity contribution in [2.24, 2.45) is 0 Å². The molecule has 1 amide bonds. The molecule has 0 spiro atoms. The number of aliphatic hydroxyl groups is 1. The number of hydrogen-bond donors (Lipinski definition) is 2.